The Balaban J connectivity index is 1.69. The number of benzene rings is 1. The van der Waals surface area contributed by atoms with Crippen molar-refractivity contribution in [3.8, 4) is 0 Å². The molecule has 5 nitrogen and oxygen atoms in total. The molecular weight excluding hydrogens is 311 g/mol. The van der Waals surface area contributed by atoms with Gasteiger partial charge in [0.1, 0.15) is 5.82 Å². The number of rotatable bonds is 4. The molecule has 2 aliphatic rings. The lowest BCUT2D eigenvalue weighted by Crippen LogP contribution is -2.48. The SMILES string of the molecule is O=C(Nc1ccccc1F)C(=O)N(CC1CCCO1)C1CCCC1. The maximum atomic E-state index is 13.7. The second-order valence-electron chi connectivity index (χ2n) is 6.46. The maximum absolute atomic E-state index is 13.7. The summed E-state index contributed by atoms with van der Waals surface area (Å²) in [5, 5.41) is 2.39. The Morgan fingerprint density at radius 2 is 1.92 bits per heavy atom. The first-order valence-electron chi connectivity index (χ1n) is 8.63. The van der Waals surface area contributed by atoms with E-state index in [-0.39, 0.29) is 17.8 Å². The zero-order valence-electron chi connectivity index (χ0n) is 13.7. The molecule has 1 saturated carbocycles. The van der Waals surface area contributed by atoms with E-state index in [1.54, 1.807) is 11.0 Å². The van der Waals surface area contributed by atoms with E-state index in [2.05, 4.69) is 5.32 Å². The van der Waals surface area contributed by atoms with Gasteiger partial charge in [-0.05, 0) is 37.8 Å². The third-order valence-corrected chi connectivity index (χ3v) is 4.77. The predicted octanol–water partition coefficient (Wildman–Crippen LogP) is 2.71. The summed E-state index contributed by atoms with van der Waals surface area (Å²) in [5.41, 5.74) is 0.0272. The van der Waals surface area contributed by atoms with E-state index in [1.165, 1.54) is 18.2 Å². The summed E-state index contributed by atoms with van der Waals surface area (Å²) in [6, 6.07) is 5.93. The van der Waals surface area contributed by atoms with E-state index in [0.717, 1.165) is 38.5 Å². The highest BCUT2D eigenvalue weighted by Crippen LogP contribution is 2.26. The predicted molar refractivity (Wildman–Crippen MR) is 88.0 cm³/mol. The zero-order chi connectivity index (χ0) is 16.9. The lowest BCUT2D eigenvalue weighted by Gasteiger charge is -2.30. The molecule has 6 heteroatoms. The topological polar surface area (TPSA) is 58.6 Å². The highest BCUT2D eigenvalue weighted by atomic mass is 19.1. The fourth-order valence-corrected chi connectivity index (χ4v) is 3.49. The number of hydrogen-bond donors (Lipinski definition) is 1. The first kappa shape index (κ1) is 16.9. The summed E-state index contributed by atoms with van der Waals surface area (Å²) >= 11 is 0. The molecule has 0 spiro atoms. The number of carbonyl (C=O) groups is 2. The molecule has 1 N–H and O–H groups in total. The smallest absolute Gasteiger partial charge is 0.313 e. The van der Waals surface area contributed by atoms with E-state index in [0.29, 0.717) is 13.2 Å². The largest absolute Gasteiger partial charge is 0.376 e. The Morgan fingerprint density at radius 1 is 1.17 bits per heavy atom. The summed E-state index contributed by atoms with van der Waals surface area (Å²) < 4.78 is 19.3. The zero-order valence-corrected chi connectivity index (χ0v) is 13.7. The number of para-hydroxylation sites is 1. The van der Waals surface area contributed by atoms with Crippen LogP contribution in [0, 0.1) is 5.82 Å². The fraction of sp³-hybridized carbons (Fsp3) is 0.556. The van der Waals surface area contributed by atoms with Crippen molar-refractivity contribution in [3.63, 3.8) is 0 Å². The third-order valence-electron chi connectivity index (χ3n) is 4.77. The molecule has 2 amide bonds. The van der Waals surface area contributed by atoms with Crippen LogP contribution in [0.2, 0.25) is 0 Å². The van der Waals surface area contributed by atoms with E-state index in [4.69, 9.17) is 4.74 Å². The molecule has 0 aromatic heterocycles. The van der Waals surface area contributed by atoms with Crippen molar-refractivity contribution in [3.05, 3.63) is 30.1 Å². The van der Waals surface area contributed by atoms with Gasteiger partial charge in [0.2, 0.25) is 0 Å². The first-order valence-corrected chi connectivity index (χ1v) is 8.63. The molecule has 1 atom stereocenters. The second-order valence-corrected chi connectivity index (χ2v) is 6.46. The van der Waals surface area contributed by atoms with Gasteiger partial charge in [0.05, 0.1) is 11.8 Å². The van der Waals surface area contributed by atoms with Gasteiger partial charge < -0.3 is 15.0 Å². The van der Waals surface area contributed by atoms with Gasteiger partial charge in [-0.25, -0.2) is 4.39 Å². The highest BCUT2D eigenvalue weighted by molar-refractivity contribution is 6.39. The van der Waals surface area contributed by atoms with Crippen LogP contribution < -0.4 is 5.32 Å². The molecule has 1 unspecified atom stereocenters. The fourth-order valence-electron chi connectivity index (χ4n) is 3.49. The minimum absolute atomic E-state index is 0.00388. The summed E-state index contributed by atoms with van der Waals surface area (Å²) in [4.78, 5) is 26.6. The van der Waals surface area contributed by atoms with E-state index >= 15 is 0 Å². The molecule has 0 bridgehead atoms. The number of carbonyl (C=O) groups excluding carboxylic acids is 2. The molecule has 1 saturated heterocycles. The van der Waals surface area contributed by atoms with Gasteiger partial charge in [-0.2, -0.15) is 0 Å². The van der Waals surface area contributed by atoms with Gasteiger partial charge in [0.25, 0.3) is 0 Å². The summed E-state index contributed by atoms with van der Waals surface area (Å²) in [6.07, 6.45) is 5.83. The van der Waals surface area contributed by atoms with Crippen molar-refractivity contribution >= 4 is 17.5 Å². The van der Waals surface area contributed by atoms with E-state index in [1.807, 2.05) is 0 Å². The van der Waals surface area contributed by atoms with Crippen LogP contribution in [0.25, 0.3) is 0 Å². The van der Waals surface area contributed by atoms with Crippen molar-refractivity contribution in [2.45, 2.75) is 50.7 Å². The summed E-state index contributed by atoms with van der Waals surface area (Å²) in [5.74, 6) is -1.93. The standard InChI is InChI=1S/C18H23FN2O3/c19-15-9-3-4-10-16(15)20-17(22)18(23)21(13-6-1-2-7-13)12-14-8-5-11-24-14/h3-4,9-10,13-14H,1-2,5-8,11-12H2,(H,20,22). The average Bonchev–Trinajstić information content (AvgIpc) is 3.27. The number of ether oxygens (including phenoxy) is 1. The molecule has 1 heterocycles. The van der Waals surface area contributed by atoms with E-state index < -0.39 is 17.6 Å². The highest BCUT2D eigenvalue weighted by Gasteiger charge is 2.33. The van der Waals surface area contributed by atoms with Crippen molar-refractivity contribution in [2.24, 2.45) is 0 Å². The average molecular weight is 334 g/mol. The number of nitrogens with zero attached hydrogens (tertiary/aromatic N) is 1. The molecule has 2 fully saturated rings. The molecule has 1 aromatic carbocycles. The third kappa shape index (κ3) is 3.93. The van der Waals surface area contributed by atoms with Crippen molar-refractivity contribution in [2.75, 3.05) is 18.5 Å². The Kier molecular flexibility index (Phi) is 5.45. The minimum atomic E-state index is -0.787. The summed E-state index contributed by atoms with van der Waals surface area (Å²) in [7, 11) is 0. The van der Waals surface area contributed by atoms with Crippen molar-refractivity contribution in [1.29, 1.82) is 0 Å². The van der Waals surface area contributed by atoms with Crippen LogP contribution in [0.4, 0.5) is 10.1 Å². The Labute approximate surface area is 141 Å². The van der Waals surface area contributed by atoms with E-state index in [9.17, 15) is 14.0 Å². The Bertz CT molecular complexity index is 596. The van der Waals surface area contributed by atoms with Crippen LogP contribution in [-0.4, -0.2) is 42.0 Å². The van der Waals surface area contributed by atoms with Gasteiger partial charge >= 0.3 is 11.8 Å². The lowest BCUT2D eigenvalue weighted by atomic mass is 10.1. The lowest BCUT2D eigenvalue weighted by molar-refractivity contribution is -0.146. The summed E-state index contributed by atoms with van der Waals surface area (Å²) in [6.45, 7) is 1.15. The number of hydrogen-bond acceptors (Lipinski definition) is 3. The molecule has 0 radical (unpaired) electrons. The monoisotopic (exact) mass is 334 g/mol. The van der Waals surface area contributed by atoms with Crippen LogP contribution in [0.3, 0.4) is 0 Å². The van der Waals surface area contributed by atoms with Crippen LogP contribution in [0.5, 0.6) is 0 Å². The van der Waals surface area contributed by atoms with Gasteiger partial charge in [0.15, 0.2) is 0 Å². The molecule has 130 valence electrons. The van der Waals surface area contributed by atoms with Crippen LogP contribution in [0.1, 0.15) is 38.5 Å². The number of anilines is 1. The Hall–Kier alpha value is -1.95. The van der Waals surface area contributed by atoms with Gasteiger partial charge in [-0.15, -0.1) is 0 Å². The molecular formula is C18H23FN2O3. The number of nitrogens with one attached hydrogen (secondary N) is 1. The van der Waals surface area contributed by atoms with Crippen molar-refractivity contribution < 1.29 is 18.7 Å². The molecule has 24 heavy (non-hydrogen) atoms. The van der Waals surface area contributed by atoms with Gasteiger partial charge in [-0.1, -0.05) is 25.0 Å². The van der Waals surface area contributed by atoms with Crippen LogP contribution >= 0.6 is 0 Å². The normalized spacial score (nSPS) is 21.0. The van der Waals surface area contributed by atoms with Crippen molar-refractivity contribution in [1.82, 2.24) is 4.90 Å². The van der Waals surface area contributed by atoms with Gasteiger partial charge in [-0.3, -0.25) is 9.59 Å². The minimum Gasteiger partial charge on any atom is -0.376 e. The quantitative estimate of drug-likeness (QED) is 0.861. The van der Waals surface area contributed by atoms with Gasteiger partial charge in [0, 0.05) is 19.2 Å². The maximum Gasteiger partial charge on any atom is 0.313 e. The van der Waals surface area contributed by atoms with Crippen LogP contribution in [-0.2, 0) is 14.3 Å². The first-order chi connectivity index (χ1) is 11.6. The molecule has 1 aliphatic heterocycles. The van der Waals surface area contributed by atoms with Crippen LogP contribution in [0.15, 0.2) is 24.3 Å². The second kappa shape index (κ2) is 7.75. The Morgan fingerprint density at radius 3 is 2.58 bits per heavy atom. The molecule has 1 aromatic rings. The molecule has 3 rings (SSSR count). The number of halogens is 1. The number of amides is 2. The molecule has 1 aliphatic carbocycles.